The summed E-state index contributed by atoms with van der Waals surface area (Å²) in [5.74, 6) is 6.32. The third-order valence-corrected chi connectivity index (χ3v) is 4.89. The molecule has 2 aromatic heterocycles. The van der Waals surface area contributed by atoms with Gasteiger partial charge in [-0.05, 0) is 62.8 Å². The molecule has 2 heterocycles. The SMILES string of the molecule is CC(C)(C)OCC(=O)NCc1ccc2nc(/C=C/C#Cc3ccc(N)nc3)sc2c1. The molecule has 30 heavy (non-hydrogen) atoms. The molecule has 154 valence electrons. The van der Waals surface area contributed by atoms with E-state index in [2.05, 4.69) is 27.1 Å². The summed E-state index contributed by atoms with van der Waals surface area (Å²) in [6, 6.07) is 9.52. The maximum Gasteiger partial charge on any atom is 0.246 e. The van der Waals surface area contributed by atoms with Gasteiger partial charge in [-0.25, -0.2) is 9.97 Å². The molecular weight excluding hydrogens is 396 g/mol. The molecule has 0 radical (unpaired) electrons. The molecule has 0 spiro atoms. The first-order valence-corrected chi connectivity index (χ1v) is 10.3. The number of benzene rings is 1. The summed E-state index contributed by atoms with van der Waals surface area (Å²) < 4.78 is 6.54. The molecule has 3 N–H and O–H groups in total. The predicted molar refractivity (Wildman–Crippen MR) is 122 cm³/mol. The van der Waals surface area contributed by atoms with Gasteiger partial charge in [0.1, 0.15) is 17.4 Å². The van der Waals surface area contributed by atoms with Crippen LogP contribution in [0.5, 0.6) is 0 Å². The molecule has 1 amide bonds. The van der Waals surface area contributed by atoms with Gasteiger partial charge in [0.2, 0.25) is 5.91 Å². The highest BCUT2D eigenvalue weighted by Crippen LogP contribution is 2.24. The second-order valence-corrected chi connectivity index (χ2v) is 8.67. The minimum atomic E-state index is -0.334. The zero-order valence-corrected chi connectivity index (χ0v) is 18.0. The Kier molecular flexibility index (Phi) is 6.83. The number of carbonyl (C=O) groups excluding carboxylic acids is 1. The van der Waals surface area contributed by atoms with Crippen molar-refractivity contribution in [2.75, 3.05) is 12.3 Å². The van der Waals surface area contributed by atoms with Gasteiger partial charge in [-0.1, -0.05) is 17.9 Å². The number of rotatable bonds is 5. The number of nitrogens with two attached hydrogens (primary N) is 1. The number of nitrogens with one attached hydrogen (secondary N) is 1. The summed E-state index contributed by atoms with van der Waals surface area (Å²) in [6.45, 7) is 6.27. The first-order chi connectivity index (χ1) is 14.3. The first kappa shape index (κ1) is 21.5. The number of hydrogen-bond donors (Lipinski definition) is 2. The van der Waals surface area contributed by atoms with Crippen LogP contribution in [0.3, 0.4) is 0 Å². The summed E-state index contributed by atoms with van der Waals surface area (Å²) in [7, 11) is 0. The normalized spacial score (nSPS) is 11.4. The lowest BCUT2D eigenvalue weighted by atomic mass is 10.2. The lowest BCUT2D eigenvalue weighted by molar-refractivity contribution is -0.130. The van der Waals surface area contributed by atoms with Gasteiger partial charge in [0.15, 0.2) is 0 Å². The Labute approximate surface area is 180 Å². The van der Waals surface area contributed by atoms with E-state index in [9.17, 15) is 4.79 Å². The maximum absolute atomic E-state index is 11.9. The van der Waals surface area contributed by atoms with Crippen molar-refractivity contribution in [3.63, 3.8) is 0 Å². The van der Waals surface area contributed by atoms with E-state index < -0.39 is 0 Å². The zero-order chi connectivity index (χ0) is 21.6. The van der Waals surface area contributed by atoms with Crippen LogP contribution in [-0.4, -0.2) is 28.1 Å². The predicted octanol–water partition coefficient (Wildman–Crippen LogP) is 3.77. The second kappa shape index (κ2) is 9.53. The molecule has 0 bridgehead atoms. The van der Waals surface area contributed by atoms with Crippen LogP contribution in [0.2, 0.25) is 0 Å². The molecule has 0 aliphatic heterocycles. The highest BCUT2D eigenvalue weighted by atomic mass is 32.1. The number of anilines is 1. The number of nitrogens with zero attached hydrogens (tertiary/aromatic N) is 2. The van der Waals surface area contributed by atoms with Crippen LogP contribution >= 0.6 is 11.3 Å². The van der Waals surface area contributed by atoms with Gasteiger partial charge >= 0.3 is 0 Å². The van der Waals surface area contributed by atoms with Crippen molar-refractivity contribution in [1.82, 2.24) is 15.3 Å². The largest absolute Gasteiger partial charge is 0.384 e. The molecular formula is C23H24N4O2S. The number of amides is 1. The van der Waals surface area contributed by atoms with Gasteiger partial charge in [0.25, 0.3) is 0 Å². The van der Waals surface area contributed by atoms with Gasteiger partial charge in [0.05, 0.1) is 15.8 Å². The van der Waals surface area contributed by atoms with Gasteiger partial charge in [-0.2, -0.15) is 0 Å². The number of hydrogen-bond acceptors (Lipinski definition) is 6. The Hall–Kier alpha value is -3.21. The molecule has 1 aromatic carbocycles. The van der Waals surface area contributed by atoms with Crippen molar-refractivity contribution in [3.05, 3.63) is 58.7 Å². The van der Waals surface area contributed by atoms with E-state index in [-0.39, 0.29) is 18.1 Å². The molecule has 0 fully saturated rings. The third-order valence-electron chi connectivity index (χ3n) is 3.91. The molecule has 3 aromatic rings. The summed E-state index contributed by atoms with van der Waals surface area (Å²) in [4.78, 5) is 20.5. The molecule has 3 rings (SSSR count). The van der Waals surface area contributed by atoms with E-state index >= 15 is 0 Å². The summed E-state index contributed by atoms with van der Waals surface area (Å²) in [6.07, 6.45) is 5.29. The molecule has 6 nitrogen and oxygen atoms in total. The lowest BCUT2D eigenvalue weighted by Gasteiger charge is -2.18. The van der Waals surface area contributed by atoms with E-state index in [1.165, 1.54) is 0 Å². The smallest absolute Gasteiger partial charge is 0.246 e. The molecule has 0 saturated carbocycles. The van der Waals surface area contributed by atoms with Crippen LogP contribution < -0.4 is 11.1 Å². The third kappa shape index (κ3) is 6.69. The number of aromatic nitrogens is 2. The number of carbonyl (C=O) groups is 1. The summed E-state index contributed by atoms with van der Waals surface area (Å²) in [5, 5.41) is 3.75. The van der Waals surface area contributed by atoms with E-state index in [1.807, 2.05) is 51.1 Å². The lowest BCUT2D eigenvalue weighted by Crippen LogP contribution is -2.31. The Morgan fingerprint density at radius 3 is 2.87 bits per heavy atom. The molecule has 0 saturated heterocycles. The van der Waals surface area contributed by atoms with Crippen molar-refractivity contribution < 1.29 is 9.53 Å². The van der Waals surface area contributed by atoms with E-state index in [1.54, 1.807) is 29.7 Å². The molecule has 7 heteroatoms. The zero-order valence-electron chi connectivity index (χ0n) is 17.2. The standard InChI is InChI=1S/C23H24N4O2S/c1-23(2,3)29-15-21(28)26-14-17-8-10-18-19(12-17)30-22(27-18)7-5-4-6-16-9-11-20(24)25-13-16/h5,7-13H,14-15H2,1-3H3,(H2,24,25)(H,26,28)/b7-5+. The maximum atomic E-state index is 11.9. The number of nitrogen functional groups attached to an aromatic ring is 1. The Morgan fingerprint density at radius 2 is 2.13 bits per heavy atom. The first-order valence-electron chi connectivity index (χ1n) is 9.48. The fraction of sp³-hybridized carbons (Fsp3) is 0.261. The fourth-order valence-electron chi connectivity index (χ4n) is 2.42. The van der Waals surface area contributed by atoms with Crippen molar-refractivity contribution in [2.45, 2.75) is 32.9 Å². The topological polar surface area (TPSA) is 90.1 Å². The van der Waals surface area contributed by atoms with Crippen LogP contribution in [0.25, 0.3) is 16.3 Å². The van der Waals surface area contributed by atoms with Crippen molar-refractivity contribution in [1.29, 1.82) is 0 Å². The van der Waals surface area contributed by atoms with Gasteiger partial charge in [-0.15, -0.1) is 11.3 Å². The summed E-state index contributed by atoms with van der Waals surface area (Å²) in [5.41, 5.74) is 7.96. The van der Waals surface area contributed by atoms with Gasteiger partial charge < -0.3 is 15.8 Å². The highest BCUT2D eigenvalue weighted by Gasteiger charge is 2.12. The fourth-order valence-corrected chi connectivity index (χ4v) is 3.35. The number of allylic oxidation sites excluding steroid dienone is 1. The average Bonchev–Trinajstić information content (AvgIpc) is 3.11. The minimum absolute atomic E-state index is 0.0503. The minimum Gasteiger partial charge on any atom is -0.384 e. The van der Waals surface area contributed by atoms with E-state index in [0.717, 1.165) is 26.4 Å². The molecule has 0 aliphatic carbocycles. The number of pyridine rings is 1. The summed E-state index contributed by atoms with van der Waals surface area (Å²) >= 11 is 1.58. The van der Waals surface area contributed by atoms with Crippen molar-refractivity contribution in [3.8, 4) is 11.8 Å². The van der Waals surface area contributed by atoms with E-state index in [4.69, 9.17) is 10.5 Å². The van der Waals surface area contributed by atoms with Gasteiger partial charge in [-0.3, -0.25) is 4.79 Å². The van der Waals surface area contributed by atoms with Crippen LogP contribution in [-0.2, 0) is 16.1 Å². The molecule has 0 unspecified atom stereocenters. The number of thiazole rings is 1. The number of ether oxygens (including phenoxy) is 1. The Bertz CT molecular complexity index is 1120. The monoisotopic (exact) mass is 420 g/mol. The Balaban J connectivity index is 1.59. The van der Waals surface area contributed by atoms with Gasteiger partial charge in [0, 0.05) is 18.3 Å². The van der Waals surface area contributed by atoms with Crippen LogP contribution in [0.1, 0.15) is 36.9 Å². The van der Waals surface area contributed by atoms with Crippen molar-refractivity contribution >= 4 is 39.4 Å². The Morgan fingerprint density at radius 1 is 1.30 bits per heavy atom. The average molecular weight is 421 g/mol. The quantitative estimate of drug-likeness (QED) is 0.613. The van der Waals surface area contributed by atoms with Crippen molar-refractivity contribution in [2.24, 2.45) is 0 Å². The van der Waals surface area contributed by atoms with Crippen LogP contribution in [0, 0.1) is 11.8 Å². The number of fused-ring (bicyclic) bond motifs is 1. The van der Waals surface area contributed by atoms with Crippen LogP contribution in [0.15, 0.2) is 42.6 Å². The molecule has 0 atom stereocenters. The second-order valence-electron chi connectivity index (χ2n) is 7.61. The van der Waals surface area contributed by atoms with Crippen LogP contribution in [0.4, 0.5) is 5.82 Å². The van der Waals surface area contributed by atoms with E-state index in [0.29, 0.717) is 12.4 Å². The molecule has 0 aliphatic rings. The highest BCUT2D eigenvalue weighted by molar-refractivity contribution is 7.19.